The molecule has 3 aromatic rings. The first kappa shape index (κ1) is 15.4. The van der Waals surface area contributed by atoms with Crippen LogP contribution in [-0.2, 0) is 6.54 Å². The molecule has 126 valence electrons. The zero-order chi connectivity index (χ0) is 16.5. The van der Waals surface area contributed by atoms with Gasteiger partial charge in [-0.2, -0.15) is 0 Å². The molecule has 5 heteroatoms. The van der Waals surface area contributed by atoms with Gasteiger partial charge in [-0.25, -0.2) is 4.98 Å². The molecule has 1 aliphatic rings. The van der Waals surface area contributed by atoms with E-state index >= 15 is 0 Å². The Balaban J connectivity index is 1.73. The van der Waals surface area contributed by atoms with Gasteiger partial charge in [-0.15, -0.1) is 0 Å². The number of hydrogen-bond donors (Lipinski definition) is 0. The van der Waals surface area contributed by atoms with Crippen LogP contribution in [0.3, 0.4) is 0 Å². The topological polar surface area (TPSA) is 47.1 Å². The number of hydrogen-bond acceptors (Lipinski definition) is 4. The van der Waals surface area contributed by atoms with Gasteiger partial charge in [0, 0.05) is 13.1 Å². The maximum atomic E-state index is 5.38. The fourth-order valence-corrected chi connectivity index (χ4v) is 3.72. The molecule has 1 fully saturated rings. The summed E-state index contributed by atoms with van der Waals surface area (Å²) in [5.41, 5.74) is 4.16. The number of imidazole rings is 1. The molecule has 0 saturated carbocycles. The lowest BCUT2D eigenvalue weighted by molar-refractivity contribution is 0.222. The Kier molecular flexibility index (Phi) is 4.10. The van der Waals surface area contributed by atoms with Gasteiger partial charge in [0.1, 0.15) is 11.6 Å². The fourth-order valence-electron chi connectivity index (χ4n) is 3.72. The number of fused-ring (bicyclic) bond motifs is 1. The molecule has 0 radical (unpaired) electrons. The third-order valence-electron chi connectivity index (χ3n) is 5.00. The maximum Gasteiger partial charge on any atom is 0.146 e. The second-order valence-electron chi connectivity index (χ2n) is 6.68. The van der Waals surface area contributed by atoms with E-state index in [9.17, 15) is 0 Å². The first-order chi connectivity index (χ1) is 11.7. The van der Waals surface area contributed by atoms with Gasteiger partial charge in [0.2, 0.25) is 0 Å². The Labute approximate surface area is 142 Å². The summed E-state index contributed by atoms with van der Waals surface area (Å²) >= 11 is 0. The van der Waals surface area contributed by atoms with E-state index in [4.69, 9.17) is 9.51 Å². The van der Waals surface area contributed by atoms with Gasteiger partial charge < -0.3 is 14.0 Å². The normalized spacial score (nSPS) is 16.1. The van der Waals surface area contributed by atoms with Crippen molar-refractivity contribution in [2.24, 2.45) is 0 Å². The van der Waals surface area contributed by atoms with Crippen molar-refractivity contribution in [1.29, 1.82) is 0 Å². The minimum Gasteiger partial charge on any atom is -0.361 e. The van der Waals surface area contributed by atoms with Crippen LogP contribution >= 0.6 is 0 Å². The van der Waals surface area contributed by atoms with Gasteiger partial charge >= 0.3 is 0 Å². The standard InChI is InChI=1S/C19H24N4O/c1-14-18(15(2)24-21-14)19-20-16-8-4-5-9-17(16)23(19)13-12-22-10-6-3-7-11-22/h4-5,8-9H,3,6-7,10-13H2,1-2H3. The van der Waals surface area contributed by atoms with Gasteiger partial charge in [-0.1, -0.05) is 23.7 Å². The Morgan fingerprint density at radius 3 is 2.58 bits per heavy atom. The van der Waals surface area contributed by atoms with Crippen molar-refractivity contribution in [3.8, 4) is 11.4 Å². The van der Waals surface area contributed by atoms with E-state index in [-0.39, 0.29) is 0 Å². The van der Waals surface area contributed by atoms with Gasteiger partial charge in [0.05, 0.1) is 22.3 Å². The summed E-state index contributed by atoms with van der Waals surface area (Å²) in [5.74, 6) is 1.81. The summed E-state index contributed by atoms with van der Waals surface area (Å²) in [6.07, 6.45) is 4.01. The van der Waals surface area contributed by atoms with Crippen molar-refractivity contribution in [3.05, 3.63) is 35.7 Å². The van der Waals surface area contributed by atoms with Crippen LogP contribution in [0.2, 0.25) is 0 Å². The van der Waals surface area contributed by atoms with E-state index in [1.165, 1.54) is 37.9 Å². The summed E-state index contributed by atoms with van der Waals surface area (Å²) in [5, 5.41) is 4.12. The Morgan fingerprint density at radius 1 is 1.04 bits per heavy atom. The van der Waals surface area contributed by atoms with Crippen LogP contribution in [0.1, 0.15) is 30.7 Å². The van der Waals surface area contributed by atoms with Crippen molar-refractivity contribution in [2.75, 3.05) is 19.6 Å². The third kappa shape index (κ3) is 2.73. The van der Waals surface area contributed by atoms with Crippen LogP contribution in [0, 0.1) is 13.8 Å². The number of likely N-dealkylation sites (tertiary alicyclic amines) is 1. The van der Waals surface area contributed by atoms with Crippen LogP contribution in [0.15, 0.2) is 28.8 Å². The molecule has 0 amide bonds. The molecule has 3 heterocycles. The van der Waals surface area contributed by atoms with E-state index in [0.29, 0.717) is 0 Å². The quantitative estimate of drug-likeness (QED) is 0.732. The molecular formula is C19H24N4O. The number of aryl methyl sites for hydroxylation is 2. The minimum atomic E-state index is 0.835. The van der Waals surface area contributed by atoms with Crippen molar-refractivity contribution in [2.45, 2.75) is 39.7 Å². The lowest BCUT2D eigenvalue weighted by atomic mass is 10.1. The first-order valence-corrected chi connectivity index (χ1v) is 8.85. The molecule has 0 unspecified atom stereocenters. The number of aromatic nitrogens is 3. The molecular weight excluding hydrogens is 300 g/mol. The average Bonchev–Trinajstić information content (AvgIpc) is 3.13. The number of para-hydroxylation sites is 2. The summed E-state index contributed by atoms with van der Waals surface area (Å²) in [6, 6.07) is 8.36. The second-order valence-corrected chi connectivity index (χ2v) is 6.68. The average molecular weight is 324 g/mol. The number of benzene rings is 1. The number of rotatable bonds is 4. The van der Waals surface area contributed by atoms with Gasteiger partial charge in [0.15, 0.2) is 0 Å². The predicted octanol–water partition coefficient (Wildman–Crippen LogP) is 3.79. The summed E-state index contributed by atoms with van der Waals surface area (Å²) < 4.78 is 7.71. The van der Waals surface area contributed by atoms with Crippen LogP contribution in [0.4, 0.5) is 0 Å². The van der Waals surface area contributed by atoms with E-state index in [2.05, 4.69) is 32.8 Å². The Hall–Kier alpha value is -2.14. The highest BCUT2D eigenvalue weighted by Crippen LogP contribution is 2.29. The second kappa shape index (κ2) is 6.40. The molecule has 0 aliphatic carbocycles. The van der Waals surface area contributed by atoms with E-state index in [0.717, 1.165) is 41.4 Å². The molecule has 0 spiro atoms. The molecule has 1 aliphatic heterocycles. The summed E-state index contributed by atoms with van der Waals surface area (Å²) in [7, 11) is 0. The van der Waals surface area contributed by atoms with Crippen molar-refractivity contribution >= 4 is 11.0 Å². The third-order valence-corrected chi connectivity index (χ3v) is 5.00. The molecule has 0 bridgehead atoms. The monoisotopic (exact) mass is 324 g/mol. The highest BCUT2D eigenvalue weighted by molar-refractivity contribution is 5.81. The lowest BCUT2D eigenvalue weighted by Crippen LogP contribution is -2.32. The zero-order valence-electron chi connectivity index (χ0n) is 14.5. The molecule has 1 aromatic carbocycles. The highest BCUT2D eigenvalue weighted by Gasteiger charge is 2.20. The minimum absolute atomic E-state index is 0.835. The van der Waals surface area contributed by atoms with Crippen molar-refractivity contribution in [1.82, 2.24) is 19.6 Å². The van der Waals surface area contributed by atoms with Crippen molar-refractivity contribution in [3.63, 3.8) is 0 Å². The fraction of sp³-hybridized carbons (Fsp3) is 0.474. The van der Waals surface area contributed by atoms with Crippen LogP contribution in [0.25, 0.3) is 22.4 Å². The van der Waals surface area contributed by atoms with Crippen LogP contribution in [0.5, 0.6) is 0 Å². The SMILES string of the molecule is Cc1noc(C)c1-c1nc2ccccc2n1CCN1CCCCC1. The Bertz CT molecular complexity index is 823. The largest absolute Gasteiger partial charge is 0.361 e. The smallest absolute Gasteiger partial charge is 0.146 e. The molecule has 0 N–H and O–H groups in total. The molecule has 24 heavy (non-hydrogen) atoms. The van der Waals surface area contributed by atoms with Gasteiger partial charge in [-0.3, -0.25) is 0 Å². The van der Waals surface area contributed by atoms with Crippen LogP contribution < -0.4 is 0 Å². The van der Waals surface area contributed by atoms with Crippen molar-refractivity contribution < 1.29 is 4.52 Å². The van der Waals surface area contributed by atoms with Gasteiger partial charge in [-0.05, 0) is 51.9 Å². The summed E-state index contributed by atoms with van der Waals surface area (Å²) in [6.45, 7) is 8.39. The molecule has 0 atom stereocenters. The van der Waals surface area contributed by atoms with E-state index in [1.807, 2.05) is 19.9 Å². The molecule has 5 nitrogen and oxygen atoms in total. The predicted molar refractivity (Wildman–Crippen MR) is 95.0 cm³/mol. The molecule has 4 rings (SSSR count). The molecule has 2 aromatic heterocycles. The van der Waals surface area contributed by atoms with E-state index < -0.39 is 0 Å². The number of nitrogens with zero attached hydrogens (tertiary/aromatic N) is 4. The van der Waals surface area contributed by atoms with Gasteiger partial charge in [0.25, 0.3) is 0 Å². The van der Waals surface area contributed by atoms with E-state index in [1.54, 1.807) is 0 Å². The highest BCUT2D eigenvalue weighted by atomic mass is 16.5. The summed E-state index contributed by atoms with van der Waals surface area (Å²) in [4.78, 5) is 7.45. The maximum absolute atomic E-state index is 5.38. The lowest BCUT2D eigenvalue weighted by Gasteiger charge is -2.26. The number of piperidine rings is 1. The first-order valence-electron chi connectivity index (χ1n) is 8.85. The zero-order valence-corrected chi connectivity index (χ0v) is 14.5. The Morgan fingerprint density at radius 2 is 1.83 bits per heavy atom. The molecule has 1 saturated heterocycles. The van der Waals surface area contributed by atoms with Crippen LogP contribution in [-0.4, -0.2) is 39.2 Å².